The van der Waals surface area contributed by atoms with E-state index in [1.165, 1.54) is 0 Å². The quantitative estimate of drug-likeness (QED) is 0.178. The van der Waals surface area contributed by atoms with Crippen molar-refractivity contribution in [2.24, 2.45) is 0 Å². The van der Waals surface area contributed by atoms with Crippen molar-refractivity contribution in [2.45, 2.75) is 0 Å². The van der Waals surface area contributed by atoms with Crippen LogP contribution in [0.15, 0.2) is 0 Å². The molecule has 0 aliphatic rings. The van der Waals surface area contributed by atoms with Gasteiger partial charge in [0.2, 0.25) is 0 Å². The van der Waals surface area contributed by atoms with E-state index in [0.717, 1.165) is 0 Å². The van der Waals surface area contributed by atoms with Gasteiger partial charge in [-0.15, -0.1) is 0 Å². The Morgan fingerprint density at radius 2 is 1.00 bits per heavy atom. The molecule has 0 bridgehead atoms. The first kappa shape index (κ1) is 43.5. The van der Waals surface area contributed by atoms with Gasteiger partial charge in [0.25, 0.3) is 0 Å². The summed E-state index contributed by atoms with van der Waals surface area (Å²) in [5.41, 5.74) is 0. The van der Waals surface area contributed by atoms with Crippen LogP contribution >= 0.6 is 11.7 Å². The summed E-state index contributed by atoms with van der Waals surface area (Å²) < 4.78 is 25.5. The molecule has 0 aliphatic heterocycles. The molecule has 0 amide bonds. The van der Waals surface area contributed by atoms with E-state index >= 15 is 0 Å². The van der Waals surface area contributed by atoms with Crippen LogP contribution < -0.4 is 0 Å². The maximum absolute atomic E-state index is 9.05. The number of hydrogen-bond donors (Lipinski definition) is 2. The molecular formula is H11NaO7S2. The molecule has 0 saturated heterocycles. The molecule has 0 radical (unpaired) electrons. The summed E-state index contributed by atoms with van der Waals surface area (Å²) in [5.74, 6) is 0. The van der Waals surface area contributed by atoms with Crippen molar-refractivity contribution in [3.05, 3.63) is 0 Å². The first-order valence-electron chi connectivity index (χ1n) is 0.698. The fraction of sp³-hybridized carbons (Fsp3) is 0. The summed E-state index contributed by atoms with van der Waals surface area (Å²) in [6.45, 7) is 0. The monoisotopic (exact) mass is 210 g/mol. The third kappa shape index (κ3) is 493. The number of rotatable bonds is 0. The molecule has 0 heterocycles. The van der Waals surface area contributed by atoms with Gasteiger partial charge in [0.1, 0.15) is 0 Å². The molecule has 0 aromatic rings. The van der Waals surface area contributed by atoms with Crippen LogP contribution in [0.5, 0.6) is 0 Å². The van der Waals surface area contributed by atoms with Crippen LogP contribution in [0.3, 0.4) is 0 Å². The van der Waals surface area contributed by atoms with Gasteiger partial charge in [-0.25, -0.2) is 0 Å². The Hall–Kier alpha value is 1.10. The summed E-state index contributed by atoms with van der Waals surface area (Å²) in [6.07, 6.45) is 0. The van der Waals surface area contributed by atoms with E-state index in [4.69, 9.17) is 13.0 Å². The van der Waals surface area contributed by atoms with Crippen LogP contribution in [0.4, 0.5) is 0 Å². The maximum atomic E-state index is 9.05. The normalized spacial score (nSPS) is 5.80. The van der Waals surface area contributed by atoms with Gasteiger partial charge in [-0.2, -0.15) is 8.42 Å². The summed E-state index contributed by atoms with van der Waals surface area (Å²) in [5, 5.41) is 0. The second-order valence-electron chi connectivity index (χ2n) is 0.448. The van der Waals surface area contributed by atoms with E-state index < -0.39 is 9.15 Å². The molecule has 0 unspecified atom stereocenters. The molecule has 7 nitrogen and oxygen atoms in total. The van der Waals surface area contributed by atoms with Crippen LogP contribution in [-0.2, 0) is 9.15 Å². The van der Waals surface area contributed by atoms with Crippen LogP contribution in [0.1, 0.15) is 0 Å². The predicted octanol–water partition coefficient (Wildman–Crippen LogP) is -4.23. The fourth-order valence-electron chi connectivity index (χ4n) is 0. The van der Waals surface area contributed by atoms with Crippen molar-refractivity contribution in [3.8, 4) is 0 Å². The standard InChI is InChI=1S/Na.H2O3S2.4H2O.H/c;1-5(2,3)4;;;;;/h;(H2,1,2,3,4);4*1H2;. The topological polar surface area (TPSA) is 180 Å². The van der Waals surface area contributed by atoms with Gasteiger partial charge in [0.05, 0.1) is 0 Å². The van der Waals surface area contributed by atoms with Crippen molar-refractivity contribution >= 4 is 50.4 Å². The van der Waals surface area contributed by atoms with Crippen molar-refractivity contribution in [3.63, 3.8) is 0 Å². The minimum absolute atomic E-state index is 0. The summed E-state index contributed by atoms with van der Waals surface area (Å²) in [4.78, 5) is 0. The number of thiol groups is 1. The van der Waals surface area contributed by atoms with Crippen LogP contribution in [-0.4, -0.2) is 64.4 Å². The molecule has 0 saturated carbocycles. The Morgan fingerprint density at radius 3 is 1.00 bits per heavy atom. The fourth-order valence-corrected chi connectivity index (χ4v) is 0. The minimum atomic E-state index is -3.97. The van der Waals surface area contributed by atoms with Crippen molar-refractivity contribution < 1.29 is 34.9 Å². The Kier molecular flexibility index (Phi) is 72.2. The molecule has 0 aromatic heterocycles. The van der Waals surface area contributed by atoms with Gasteiger partial charge < -0.3 is 21.9 Å². The Bertz CT molecular complexity index is 94.8. The van der Waals surface area contributed by atoms with Crippen LogP contribution in [0.2, 0.25) is 0 Å². The van der Waals surface area contributed by atoms with Gasteiger partial charge in [0, 0.05) is 0 Å². The van der Waals surface area contributed by atoms with Gasteiger partial charge in [-0.1, -0.05) is 0 Å². The molecule has 10 heteroatoms. The van der Waals surface area contributed by atoms with E-state index in [9.17, 15) is 0 Å². The summed E-state index contributed by atoms with van der Waals surface area (Å²) >= 11 is 2.65. The molecule has 10 heavy (non-hydrogen) atoms. The zero-order chi connectivity index (χ0) is 4.50. The van der Waals surface area contributed by atoms with Crippen molar-refractivity contribution in [1.82, 2.24) is 0 Å². The molecule has 0 fully saturated rings. The molecule has 0 rings (SSSR count). The number of hydrogen-bond acceptors (Lipinski definition) is 2. The van der Waals surface area contributed by atoms with Crippen molar-refractivity contribution in [1.29, 1.82) is 0 Å². The Labute approximate surface area is 84.9 Å². The second-order valence-corrected chi connectivity index (χ2v) is 2.73. The molecular weight excluding hydrogens is 199 g/mol. The zero-order valence-corrected chi connectivity index (χ0v) is 5.83. The van der Waals surface area contributed by atoms with Gasteiger partial charge >= 0.3 is 38.7 Å². The first-order valence-corrected chi connectivity index (χ1v) is 3.19. The predicted molar refractivity (Wildman–Crippen MR) is 42.1 cm³/mol. The molecule has 0 aliphatic carbocycles. The average Bonchev–Trinajstić information content (AvgIpc) is 0.722. The van der Waals surface area contributed by atoms with E-state index in [1.54, 1.807) is 0 Å². The van der Waals surface area contributed by atoms with Crippen LogP contribution in [0.25, 0.3) is 0 Å². The van der Waals surface area contributed by atoms with Gasteiger partial charge in [-0.05, 0) is 11.7 Å². The summed E-state index contributed by atoms with van der Waals surface area (Å²) in [6, 6.07) is 0. The van der Waals surface area contributed by atoms with E-state index in [-0.39, 0.29) is 51.5 Å². The Balaban J connectivity index is -0.00000000800. The molecule has 66 valence electrons. The third-order valence-electron chi connectivity index (χ3n) is 0. The van der Waals surface area contributed by atoms with Gasteiger partial charge in [0.15, 0.2) is 0 Å². The molecule has 0 atom stereocenters. The van der Waals surface area contributed by atoms with E-state index in [2.05, 4.69) is 11.7 Å². The second kappa shape index (κ2) is 16.6. The summed E-state index contributed by atoms with van der Waals surface area (Å²) in [7, 11) is -3.97. The van der Waals surface area contributed by atoms with Crippen LogP contribution in [0, 0.1) is 0 Å². The first-order chi connectivity index (χ1) is 2.00. The zero-order valence-electron chi connectivity index (χ0n) is 4.12. The molecule has 9 N–H and O–H groups in total. The van der Waals surface area contributed by atoms with Gasteiger partial charge in [-0.3, -0.25) is 4.55 Å². The Morgan fingerprint density at radius 1 is 1.00 bits per heavy atom. The van der Waals surface area contributed by atoms with E-state index in [1.807, 2.05) is 0 Å². The molecule has 0 aromatic carbocycles. The van der Waals surface area contributed by atoms with Crippen molar-refractivity contribution in [2.75, 3.05) is 0 Å². The third-order valence-corrected chi connectivity index (χ3v) is 0. The SMILES string of the molecule is O.O.O.O.O=S(=O)(O)S.[NaH]. The molecule has 0 spiro atoms. The average molecular weight is 210 g/mol. The van der Waals surface area contributed by atoms with E-state index in [0.29, 0.717) is 0 Å².